The lowest BCUT2D eigenvalue weighted by Crippen LogP contribution is -2.41. The minimum Gasteiger partial charge on any atom is -0.462 e. The molecule has 1 N–H and O–H groups in total. The number of esters is 1. The molecule has 13 heteroatoms. The van der Waals surface area contributed by atoms with Gasteiger partial charge in [-0.25, -0.2) is 23.2 Å². The molecule has 0 saturated heterocycles. The maximum absolute atomic E-state index is 13.8. The topological polar surface area (TPSA) is 115 Å². The predicted octanol–water partition coefficient (Wildman–Crippen LogP) is 3.74. The summed E-state index contributed by atoms with van der Waals surface area (Å²) in [7, 11) is -3.61. The molecule has 0 bridgehead atoms. The minimum absolute atomic E-state index is 0.0274. The highest BCUT2D eigenvalue weighted by Gasteiger charge is 2.40. The van der Waals surface area contributed by atoms with Crippen LogP contribution in [0.25, 0.3) is 10.9 Å². The first-order valence-electron chi connectivity index (χ1n) is 11.6. The number of aromatic nitrogens is 3. The van der Waals surface area contributed by atoms with Crippen molar-refractivity contribution in [2.75, 3.05) is 24.3 Å². The molecule has 0 saturated carbocycles. The summed E-state index contributed by atoms with van der Waals surface area (Å²) in [6.45, 7) is 5.32. The molecule has 0 aliphatic carbocycles. The molecule has 0 amide bonds. The van der Waals surface area contributed by atoms with Gasteiger partial charge in [-0.2, -0.15) is 13.2 Å². The molecule has 200 valence electrons. The third-order valence-electron chi connectivity index (χ3n) is 6.32. The Hall–Kier alpha value is -3.19. The van der Waals surface area contributed by atoms with E-state index in [2.05, 4.69) is 9.97 Å². The van der Waals surface area contributed by atoms with Crippen LogP contribution >= 0.6 is 0 Å². The van der Waals surface area contributed by atoms with E-state index in [1.165, 1.54) is 13.0 Å². The summed E-state index contributed by atoms with van der Waals surface area (Å²) in [5.41, 5.74) is -0.460. The maximum atomic E-state index is 13.8. The molecular formula is C24H27F3N4O5S. The Morgan fingerprint density at radius 2 is 1.95 bits per heavy atom. The van der Waals surface area contributed by atoms with Gasteiger partial charge < -0.3 is 19.3 Å². The number of sulfone groups is 1. The van der Waals surface area contributed by atoms with E-state index in [1.54, 1.807) is 11.0 Å². The van der Waals surface area contributed by atoms with E-state index in [4.69, 9.17) is 4.74 Å². The Morgan fingerprint density at radius 1 is 1.24 bits per heavy atom. The first-order valence-corrected chi connectivity index (χ1v) is 13.5. The SMILES string of the molecule is CCOC(=O)c1cnc(N2CCn3c(cc4cc(CO)c(S(C)(=O)=O)cc43)[C@@H]2C(C)C)nc1C(F)(F)F. The van der Waals surface area contributed by atoms with Crippen LogP contribution in [0.15, 0.2) is 29.3 Å². The van der Waals surface area contributed by atoms with Gasteiger partial charge in [-0.3, -0.25) is 0 Å². The van der Waals surface area contributed by atoms with E-state index < -0.39 is 45.9 Å². The first kappa shape index (κ1) is 26.9. The molecule has 0 fully saturated rings. The number of alkyl halides is 3. The molecule has 37 heavy (non-hydrogen) atoms. The van der Waals surface area contributed by atoms with E-state index in [1.807, 2.05) is 24.5 Å². The summed E-state index contributed by atoms with van der Waals surface area (Å²) < 4.78 is 72.8. The molecule has 1 aliphatic heterocycles. The van der Waals surface area contributed by atoms with Crippen molar-refractivity contribution < 1.29 is 36.2 Å². The van der Waals surface area contributed by atoms with Gasteiger partial charge >= 0.3 is 12.1 Å². The number of ether oxygens (including phenoxy) is 1. The van der Waals surface area contributed by atoms with Crippen molar-refractivity contribution in [3.05, 3.63) is 46.9 Å². The van der Waals surface area contributed by atoms with Crippen molar-refractivity contribution in [3.8, 4) is 0 Å². The molecule has 1 atom stereocenters. The van der Waals surface area contributed by atoms with Gasteiger partial charge in [-0.1, -0.05) is 13.8 Å². The van der Waals surface area contributed by atoms with Crippen LogP contribution in [-0.2, 0) is 33.9 Å². The van der Waals surface area contributed by atoms with Crippen molar-refractivity contribution in [1.82, 2.24) is 14.5 Å². The number of anilines is 1. The first-order chi connectivity index (χ1) is 17.3. The summed E-state index contributed by atoms with van der Waals surface area (Å²) in [4.78, 5) is 21.7. The monoisotopic (exact) mass is 540 g/mol. The molecule has 4 rings (SSSR count). The summed E-state index contributed by atoms with van der Waals surface area (Å²) in [6, 6.07) is 4.54. The molecule has 3 heterocycles. The van der Waals surface area contributed by atoms with E-state index >= 15 is 0 Å². The smallest absolute Gasteiger partial charge is 0.434 e. The summed E-state index contributed by atoms with van der Waals surface area (Å²) in [5.74, 6) is -1.43. The lowest BCUT2D eigenvalue weighted by atomic mass is 9.97. The van der Waals surface area contributed by atoms with Gasteiger partial charge in [0.15, 0.2) is 15.5 Å². The fourth-order valence-electron chi connectivity index (χ4n) is 4.84. The number of aliphatic hydroxyl groups excluding tert-OH is 1. The average molecular weight is 541 g/mol. The van der Waals surface area contributed by atoms with Gasteiger partial charge in [-0.15, -0.1) is 0 Å². The van der Waals surface area contributed by atoms with E-state index in [9.17, 15) is 31.5 Å². The lowest BCUT2D eigenvalue weighted by molar-refractivity contribution is -0.141. The average Bonchev–Trinajstić information content (AvgIpc) is 3.18. The summed E-state index contributed by atoms with van der Waals surface area (Å²) in [5, 5.41) is 10.4. The van der Waals surface area contributed by atoms with Crippen LogP contribution in [0.2, 0.25) is 0 Å². The zero-order valence-corrected chi connectivity index (χ0v) is 21.5. The Labute approximate surface area is 211 Å². The number of carbonyl (C=O) groups is 1. The van der Waals surface area contributed by atoms with Gasteiger partial charge in [0.1, 0.15) is 5.56 Å². The third kappa shape index (κ3) is 4.89. The van der Waals surface area contributed by atoms with Crippen LogP contribution in [0.3, 0.4) is 0 Å². The fourth-order valence-corrected chi connectivity index (χ4v) is 5.76. The third-order valence-corrected chi connectivity index (χ3v) is 7.50. The van der Waals surface area contributed by atoms with E-state index in [0.717, 1.165) is 18.1 Å². The Bertz CT molecular complexity index is 1470. The van der Waals surface area contributed by atoms with E-state index in [0.29, 0.717) is 17.4 Å². The molecule has 0 unspecified atom stereocenters. The van der Waals surface area contributed by atoms with Gasteiger partial charge in [0.2, 0.25) is 5.95 Å². The molecule has 1 aliphatic rings. The van der Waals surface area contributed by atoms with Gasteiger partial charge in [0.05, 0.1) is 24.2 Å². The van der Waals surface area contributed by atoms with Crippen molar-refractivity contribution in [3.63, 3.8) is 0 Å². The van der Waals surface area contributed by atoms with Crippen LogP contribution < -0.4 is 4.90 Å². The number of benzene rings is 1. The summed E-state index contributed by atoms with van der Waals surface area (Å²) in [6.07, 6.45) is -2.99. The number of hydrogen-bond donors (Lipinski definition) is 1. The quantitative estimate of drug-likeness (QED) is 0.471. The van der Waals surface area contributed by atoms with Crippen LogP contribution in [0.1, 0.15) is 54.1 Å². The van der Waals surface area contributed by atoms with Crippen LogP contribution in [0.5, 0.6) is 0 Å². The largest absolute Gasteiger partial charge is 0.462 e. The molecule has 1 aromatic carbocycles. The standard InChI is InChI=1S/C24H27F3N4O5S/c1-5-36-22(33)16-11-28-23(29-21(16)24(25,26)27)31-7-6-30-17-10-19(37(4,34)35)15(12-32)8-14(17)9-18(30)20(31)13(2)3/h8-11,13,20,32H,5-7,12H2,1-4H3/t20-/m0/s1. The summed E-state index contributed by atoms with van der Waals surface area (Å²) >= 11 is 0. The normalized spacial score (nSPS) is 16.4. The molecule has 2 aromatic heterocycles. The molecule has 9 nitrogen and oxygen atoms in total. The van der Waals surface area contributed by atoms with Crippen LogP contribution in [-0.4, -0.2) is 53.4 Å². The number of aliphatic hydroxyl groups is 1. The molecule has 0 spiro atoms. The minimum atomic E-state index is -4.90. The highest BCUT2D eigenvalue weighted by Crippen LogP contribution is 2.40. The molecular weight excluding hydrogens is 513 g/mol. The Balaban J connectivity index is 1.86. The van der Waals surface area contributed by atoms with Crippen LogP contribution in [0, 0.1) is 5.92 Å². The number of halogens is 3. The fraction of sp³-hybridized carbons (Fsp3) is 0.458. The van der Waals surface area contributed by atoms with E-state index in [-0.39, 0.29) is 35.5 Å². The lowest BCUT2D eigenvalue weighted by Gasteiger charge is -2.39. The second kappa shape index (κ2) is 9.60. The van der Waals surface area contributed by atoms with Crippen LogP contribution in [0.4, 0.5) is 19.1 Å². The second-order valence-corrected chi connectivity index (χ2v) is 11.2. The van der Waals surface area contributed by atoms with Gasteiger partial charge in [0, 0.05) is 42.1 Å². The zero-order valence-electron chi connectivity index (χ0n) is 20.7. The molecule has 0 radical (unpaired) electrons. The number of fused-ring (bicyclic) bond motifs is 3. The second-order valence-electron chi connectivity index (χ2n) is 9.20. The highest BCUT2D eigenvalue weighted by atomic mass is 32.2. The Morgan fingerprint density at radius 3 is 2.51 bits per heavy atom. The number of nitrogens with zero attached hydrogens (tertiary/aromatic N) is 4. The van der Waals surface area contributed by atoms with Crippen molar-refractivity contribution in [2.45, 2.75) is 51.0 Å². The van der Waals surface area contributed by atoms with Crippen molar-refractivity contribution in [1.29, 1.82) is 0 Å². The Kier molecular flexibility index (Phi) is 6.97. The maximum Gasteiger partial charge on any atom is 0.434 e. The highest BCUT2D eigenvalue weighted by molar-refractivity contribution is 7.90. The van der Waals surface area contributed by atoms with Crippen molar-refractivity contribution in [2.24, 2.45) is 5.92 Å². The number of rotatable bonds is 6. The predicted molar refractivity (Wildman–Crippen MR) is 129 cm³/mol. The van der Waals surface area contributed by atoms with Crippen molar-refractivity contribution >= 4 is 32.7 Å². The zero-order chi connectivity index (χ0) is 27.3. The van der Waals surface area contributed by atoms with Gasteiger partial charge in [-0.05, 0) is 36.6 Å². The van der Waals surface area contributed by atoms with Gasteiger partial charge in [0.25, 0.3) is 0 Å². The number of carbonyl (C=O) groups excluding carboxylic acids is 1. The molecule has 3 aromatic rings. The number of hydrogen-bond acceptors (Lipinski definition) is 8.